The number of nitrogen functional groups attached to an aromatic ring is 1. The summed E-state index contributed by atoms with van der Waals surface area (Å²) in [7, 11) is -4.53. The molecular weight excluding hydrogens is 586 g/mol. The number of carboxylic acid groups (broad SMARTS) is 1. The van der Waals surface area contributed by atoms with Gasteiger partial charge < -0.3 is 21.1 Å². The molecule has 0 aromatic heterocycles. The molecule has 0 unspecified atom stereocenters. The second-order valence-electron chi connectivity index (χ2n) is 9.93. The summed E-state index contributed by atoms with van der Waals surface area (Å²) in [6.07, 6.45) is 0. The largest absolute Gasteiger partial charge is 0.507 e. The summed E-state index contributed by atoms with van der Waals surface area (Å²) in [4.78, 5) is 10.8. The third-order valence-electron chi connectivity index (χ3n) is 6.84. The van der Waals surface area contributed by atoms with E-state index >= 15 is 0 Å². The fraction of sp³-hybridized carbons (Fsp3) is 0.0645. The third-order valence-corrected chi connectivity index (χ3v) is 7.67. The van der Waals surface area contributed by atoms with E-state index < -0.39 is 26.7 Å². The van der Waals surface area contributed by atoms with Crippen LogP contribution in [0.5, 0.6) is 11.5 Å². The van der Waals surface area contributed by atoms with Crippen LogP contribution in [-0.2, 0) is 10.1 Å². The molecule has 44 heavy (non-hydrogen) atoms. The molecule has 0 bridgehead atoms. The first-order valence-electron chi connectivity index (χ1n) is 13.0. The van der Waals surface area contributed by atoms with Crippen molar-refractivity contribution in [1.82, 2.24) is 0 Å². The number of hydrogen-bond donors (Lipinski definition) is 5. The normalized spacial score (nSPS) is 12.0. The second-order valence-corrected chi connectivity index (χ2v) is 11.3. The Morgan fingerprint density at radius 1 is 0.727 bits per heavy atom. The van der Waals surface area contributed by atoms with Gasteiger partial charge in [0.15, 0.2) is 0 Å². The summed E-state index contributed by atoms with van der Waals surface area (Å²) in [5, 5.41) is 46.8. The zero-order valence-electron chi connectivity index (χ0n) is 23.3. The molecule has 0 atom stereocenters. The number of azo groups is 2. The molecule has 13 heteroatoms. The number of aromatic carboxylic acids is 1. The second kappa shape index (κ2) is 11.6. The van der Waals surface area contributed by atoms with Gasteiger partial charge in [0.25, 0.3) is 10.1 Å². The summed E-state index contributed by atoms with van der Waals surface area (Å²) in [6, 6.07) is 20.3. The topological polar surface area (TPSA) is 208 Å². The molecule has 222 valence electrons. The number of nitrogens with two attached hydrogens (primary N) is 1. The number of phenols is 2. The van der Waals surface area contributed by atoms with Crippen molar-refractivity contribution in [2.45, 2.75) is 18.7 Å². The molecule has 0 aliphatic heterocycles. The van der Waals surface area contributed by atoms with Crippen molar-refractivity contribution in [2.75, 3.05) is 5.73 Å². The Morgan fingerprint density at radius 3 is 1.91 bits per heavy atom. The number of carbonyl (C=O) groups is 1. The Hall–Kier alpha value is -5.66. The molecule has 0 aliphatic rings. The minimum absolute atomic E-state index is 0.150. The highest BCUT2D eigenvalue weighted by Gasteiger charge is 2.17. The van der Waals surface area contributed by atoms with E-state index in [0.29, 0.717) is 16.8 Å². The van der Waals surface area contributed by atoms with E-state index in [1.165, 1.54) is 36.4 Å². The SMILES string of the molecule is Cc1cc(-c2ccc(N=Nc3c(N)ccc4cc(S(=O)(=O)O)cc(O)c34)c(C)c2)ccc1N=Nc1ccc(O)c(C(=O)O)c1. The van der Waals surface area contributed by atoms with Gasteiger partial charge in [-0.2, -0.15) is 23.8 Å². The number of aryl methyl sites for hydroxylation is 2. The van der Waals surface area contributed by atoms with Crippen LogP contribution < -0.4 is 5.73 Å². The molecule has 6 N–H and O–H groups in total. The minimum Gasteiger partial charge on any atom is -0.507 e. The zero-order valence-corrected chi connectivity index (χ0v) is 24.1. The van der Waals surface area contributed by atoms with Crippen molar-refractivity contribution in [3.63, 3.8) is 0 Å². The molecule has 0 saturated heterocycles. The Balaban J connectivity index is 1.40. The summed E-state index contributed by atoms with van der Waals surface area (Å²) in [5.74, 6) is -2.04. The number of rotatable bonds is 7. The molecular formula is C31H25N5O7S. The van der Waals surface area contributed by atoms with Gasteiger partial charge >= 0.3 is 5.97 Å². The number of fused-ring (bicyclic) bond motifs is 1. The molecule has 5 aromatic rings. The average Bonchev–Trinajstić information content (AvgIpc) is 2.96. The third kappa shape index (κ3) is 6.09. The maximum absolute atomic E-state index is 11.6. The van der Waals surface area contributed by atoms with E-state index in [2.05, 4.69) is 20.5 Å². The Morgan fingerprint density at radius 2 is 1.34 bits per heavy atom. The van der Waals surface area contributed by atoms with E-state index in [4.69, 9.17) is 5.73 Å². The smallest absolute Gasteiger partial charge is 0.339 e. The quantitative estimate of drug-likeness (QED) is 0.0692. The fourth-order valence-corrected chi connectivity index (χ4v) is 5.07. The number of aromatic hydroxyl groups is 2. The van der Waals surface area contributed by atoms with Gasteiger partial charge in [-0.15, -0.1) is 5.11 Å². The predicted molar refractivity (Wildman–Crippen MR) is 165 cm³/mol. The molecule has 0 saturated carbocycles. The Bertz CT molecular complexity index is 2140. The van der Waals surface area contributed by atoms with Crippen LogP contribution in [0.1, 0.15) is 21.5 Å². The van der Waals surface area contributed by atoms with E-state index in [9.17, 15) is 33.1 Å². The van der Waals surface area contributed by atoms with Crippen molar-refractivity contribution in [1.29, 1.82) is 0 Å². The van der Waals surface area contributed by atoms with Crippen LogP contribution in [0.15, 0.2) is 104 Å². The summed E-state index contributed by atoms with van der Waals surface area (Å²) in [6.45, 7) is 3.73. The van der Waals surface area contributed by atoms with Gasteiger partial charge in [-0.3, -0.25) is 4.55 Å². The van der Waals surface area contributed by atoms with Crippen molar-refractivity contribution in [3.05, 3.63) is 95.6 Å². The molecule has 0 amide bonds. The molecule has 0 aliphatic carbocycles. The highest BCUT2D eigenvalue weighted by atomic mass is 32.2. The highest BCUT2D eigenvalue weighted by molar-refractivity contribution is 7.85. The number of phenolic OH excluding ortho intramolecular Hbond substituents is 1. The maximum atomic E-state index is 11.6. The molecule has 5 aromatic carbocycles. The monoisotopic (exact) mass is 611 g/mol. The number of carboxylic acids is 1. The fourth-order valence-electron chi connectivity index (χ4n) is 4.54. The van der Waals surface area contributed by atoms with Gasteiger partial charge in [0.05, 0.1) is 33.0 Å². The van der Waals surface area contributed by atoms with Gasteiger partial charge in [-0.25, -0.2) is 4.79 Å². The van der Waals surface area contributed by atoms with Crippen LogP contribution >= 0.6 is 0 Å². The molecule has 0 spiro atoms. The standard InChI is InChI=1S/C31H25N5O7S/c1-16-11-18(4-8-25(16)34-33-21-6-10-27(37)23(14-21)31(39)40)19-5-9-26(17(2)12-19)35-36-30-24(32)7-3-20-13-22(44(41,42)43)15-28(38)29(20)30/h3-15,37-38H,32H2,1-2H3,(H,39,40)(H,41,42,43). The first-order chi connectivity index (χ1) is 20.8. The van der Waals surface area contributed by atoms with Crippen molar-refractivity contribution >= 4 is 55.3 Å². The van der Waals surface area contributed by atoms with Crippen LogP contribution in [0.2, 0.25) is 0 Å². The first-order valence-corrected chi connectivity index (χ1v) is 14.4. The number of anilines is 1. The van der Waals surface area contributed by atoms with Crippen LogP contribution in [-0.4, -0.2) is 34.3 Å². The summed E-state index contributed by atoms with van der Waals surface area (Å²) >= 11 is 0. The van der Waals surface area contributed by atoms with Gasteiger partial charge in [-0.1, -0.05) is 18.2 Å². The van der Waals surface area contributed by atoms with Crippen LogP contribution in [0.3, 0.4) is 0 Å². The van der Waals surface area contributed by atoms with Crippen molar-refractivity contribution < 1.29 is 33.1 Å². The van der Waals surface area contributed by atoms with Gasteiger partial charge in [-0.05, 0) is 96.1 Å². The van der Waals surface area contributed by atoms with Gasteiger partial charge in [0, 0.05) is 6.07 Å². The Labute approximate surface area is 251 Å². The molecule has 0 radical (unpaired) electrons. The molecule has 12 nitrogen and oxygen atoms in total. The van der Waals surface area contributed by atoms with E-state index in [0.717, 1.165) is 28.3 Å². The minimum atomic E-state index is -4.53. The lowest BCUT2D eigenvalue weighted by atomic mass is 10.0. The highest BCUT2D eigenvalue weighted by Crippen LogP contribution is 2.41. The van der Waals surface area contributed by atoms with Crippen molar-refractivity contribution in [3.8, 4) is 22.6 Å². The average molecular weight is 612 g/mol. The molecule has 0 fully saturated rings. The first kappa shape index (κ1) is 29.8. The molecule has 5 rings (SSSR count). The van der Waals surface area contributed by atoms with Gasteiger partial charge in [0.2, 0.25) is 0 Å². The zero-order chi connectivity index (χ0) is 31.8. The maximum Gasteiger partial charge on any atom is 0.339 e. The van der Waals surface area contributed by atoms with E-state index in [1.807, 2.05) is 38.1 Å². The van der Waals surface area contributed by atoms with Gasteiger partial charge in [0.1, 0.15) is 22.7 Å². The van der Waals surface area contributed by atoms with Crippen LogP contribution in [0, 0.1) is 13.8 Å². The number of hydrogen-bond acceptors (Lipinski definition) is 10. The lowest BCUT2D eigenvalue weighted by Crippen LogP contribution is -1.98. The van der Waals surface area contributed by atoms with Crippen LogP contribution in [0.4, 0.5) is 28.4 Å². The van der Waals surface area contributed by atoms with Crippen molar-refractivity contribution in [2.24, 2.45) is 20.5 Å². The predicted octanol–water partition coefficient (Wildman–Crippen LogP) is 7.89. The van der Waals surface area contributed by atoms with E-state index in [1.54, 1.807) is 12.1 Å². The summed E-state index contributed by atoms with van der Waals surface area (Å²) < 4.78 is 32.5. The Kier molecular flexibility index (Phi) is 7.83. The molecule has 0 heterocycles. The number of nitrogens with zero attached hydrogens (tertiary/aromatic N) is 4. The summed E-state index contributed by atoms with van der Waals surface area (Å²) in [5.41, 5.74) is 11.0. The lowest BCUT2D eigenvalue weighted by molar-refractivity contribution is 0.0693. The van der Waals surface area contributed by atoms with Crippen LogP contribution in [0.25, 0.3) is 21.9 Å². The number of benzene rings is 5. The van der Waals surface area contributed by atoms with E-state index in [-0.39, 0.29) is 33.8 Å². The lowest BCUT2D eigenvalue weighted by Gasteiger charge is -2.10.